The van der Waals surface area contributed by atoms with Crippen LogP contribution in [0, 0.1) is 0 Å². The van der Waals surface area contributed by atoms with E-state index in [1.54, 1.807) is 14.2 Å². The van der Waals surface area contributed by atoms with E-state index in [1.165, 1.54) is 0 Å². The zero-order valence-electron chi connectivity index (χ0n) is 23.0. The van der Waals surface area contributed by atoms with Gasteiger partial charge < -0.3 is 29.9 Å². The summed E-state index contributed by atoms with van der Waals surface area (Å²) in [5, 5.41) is 6.26. The molecule has 0 aliphatic carbocycles. The maximum atomic E-state index is 13.8. The smallest absolute Gasteiger partial charge is 0.433 e. The number of rotatable bonds is 10. The van der Waals surface area contributed by atoms with Crippen LogP contribution in [0.15, 0.2) is 48.7 Å². The van der Waals surface area contributed by atoms with E-state index < -0.39 is 11.9 Å². The van der Waals surface area contributed by atoms with Crippen molar-refractivity contribution >= 4 is 17.5 Å². The van der Waals surface area contributed by atoms with Crippen LogP contribution in [-0.2, 0) is 12.7 Å². The highest BCUT2D eigenvalue weighted by Gasteiger charge is 2.36. The minimum Gasteiger partial charge on any atom is -0.493 e. The molecule has 0 radical (unpaired) electrons. The Bertz CT molecular complexity index is 1380. The van der Waals surface area contributed by atoms with E-state index in [1.807, 2.05) is 35.2 Å². The Balaban J connectivity index is 1.38. The highest BCUT2D eigenvalue weighted by atomic mass is 19.4. The number of halogens is 3. The summed E-state index contributed by atoms with van der Waals surface area (Å²) >= 11 is 0. The van der Waals surface area contributed by atoms with E-state index in [2.05, 4.69) is 31.6 Å². The third kappa shape index (κ3) is 6.17. The topological polar surface area (TPSA) is 91.9 Å². The zero-order valence-corrected chi connectivity index (χ0v) is 23.0. The summed E-state index contributed by atoms with van der Waals surface area (Å²) in [7, 11) is 3.13. The molecule has 9 nitrogen and oxygen atoms in total. The number of carbonyl (C=O) groups excluding carboxylic acids is 1. The normalized spacial score (nSPS) is 16.0. The molecule has 0 spiro atoms. The monoisotopic (exact) mass is 570 g/mol. The summed E-state index contributed by atoms with van der Waals surface area (Å²) in [4.78, 5) is 25.5. The quantitative estimate of drug-likeness (QED) is 0.344. The largest absolute Gasteiger partial charge is 0.493 e. The number of amides is 1. The third-order valence-corrected chi connectivity index (χ3v) is 7.48. The van der Waals surface area contributed by atoms with Crippen LogP contribution in [0.25, 0.3) is 0 Å². The van der Waals surface area contributed by atoms with Crippen molar-refractivity contribution in [3.63, 3.8) is 0 Å². The van der Waals surface area contributed by atoms with Gasteiger partial charge in [-0.2, -0.15) is 13.2 Å². The third-order valence-electron chi connectivity index (χ3n) is 7.48. The van der Waals surface area contributed by atoms with Crippen molar-refractivity contribution in [2.24, 2.45) is 0 Å². The molecule has 1 fully saturated rings. The first-order valence-corrected chi connectivity index (χ1v) is 13.5. The fourth-order valence-electron chi connectivity index (χ4n) is 5.45. The second kappa shape index (κ2) is 12.2. The van der Waals surface area contributed by atoms with Gasteiger partial charge in [0.05, 0.1) is 20.3 Å². The Morgan fingerprint density at radius 3 is 2.59 bits per heavy atom. The highest BCUT2D eigenvalue weighted by molar-refractivity contribution is 6.00. The maximum Gasteiger partial charge on any atom is 0.433 e. The molecule has 2 aromatic carbocycles. The van der Waals surface area contributed by atoms with Crippen LogP contribution in [-0.4, -0.2) is 67.7 Å². The average molecular weight is 571 g/mol. The number of aromatic nitrogens is 2. The summed E-state index contributed by atoms with van der Waals surface area (Å²) in [5.74, 6) is 0.991. The molecule has 0 unspecified atom stereocenters. The summed E-state index contributed by atoms with van der Waals surface area (Å²) in [5.41, 5.74) is 2.67. The molecule has 0 saturated carbocycles. The number of ether oxygens (including phenoxy) is 2. The molecule has 218 valence electrons. The van der Waals surface area contributed by atoms with Gasteiger partial charge in [-0.3, -0.25) is 4.79 Å². The molecule has 0 bridgehead atoms. The first-order chi connectivity index (χ1) is 19.8. The molecule has 41 heavy (non-hydrogen) atoms. The number of nitrogens with zero attached hydrogens (tertiary/aromatic N) is 4. The predicted molar refractivity (Wildman–Crippen MR) is 148 cm³/mol. The number of carbonyl (C=O) groups is 1. The number of benzene rings is 2. The molecule has 5 rings (SSSR count). The SMILES string of the molecule is COc1ccc([C@@H](CCCNc2nccc(C(F)(F)F)n2)N2Cc3c(cccc3N3CCNCC3)C2=O)cc1OC. The van der Waals surface area contributed by atoms with Gasteiger partial charge in [0, 0.05) is 62.3 Å². The van der Waals surface area contributed by atoms with Crippen LogP contribution >= 0.6 is 0 Å². The predicted octanol–water partition coefficient (Wildman–Crippen LogP) is 4.51. The van der Waals surface area contributed by atoms with Gasteiger partial charge in [-0.15, -0.1) is 0 Å². The fourth-order valence-corrected chi connectivity index (χ4v) is 5.45. The standard InChI is InChI=1S/C29H33F3N6O3/c1-40-24-9-8-19(17-25(24)41-2)22(7-4-11-34-28-35-12-10-26(36-28)29(30,31)32)38-18-21-20(27(38)39)5-3-6-23(21)37-15-13-33-14-16-37/h3,5-6,8-10,12,17,22,33H,4,7,11,13-16,18H2,1-2H3,(H,34,35,36)/t22-/m1/s1. The molecule has 2 aliphatic rings. The van der Waals surface area contributed by atoms with E-state index in [4.69, 9.17) is 9.47 Å². The van der Waals surface area contributed by atoms with Crippen molar-refractivity contribution in [2.45, 2.75) is 31.6 Å². The number of hydrogen-bond donors (Lipinski definition) is 2. The van der Waals surface area contributed by atoms with Gasteiger partial charge in [-0.1, -0.05) is 12.1 Å². The molecule has 1 atom stereocenters. The number of piperazine rings is 1. The summed E-state index contributed by atoms with van der Waals surface area (Å²) in [6.07, 6.45) is -2.37. The van der Waals surface area contributed by atoms with E-state index in [-0.39, 0.29) is 17.9 Å². The van der Waals surface area contributed by atoms with Crippen molar-refractivity contribution in [1.82, 2.24) is 20.2 Å². The molecule has 2 N–H and O–H groups in total. The van der Waals surface area contributed by atoms with E-state index in [0.717, 1.165) is 55.3 Å². The van der Waals surface area contributed by atoms with Gasteiger partial charge >= 0.3 is 6.18 Å². The van der Waals surface area contributed by atoms with Gasteiger partial charge in [0.15, 0.2) is 11.5 Å². The Kier molecular flexibility index (Phi) is 8.48. The lowest BCUT2D eigenvalue weighted by Crippen LogP contribution is -2.43. The Morgan fingerprint density at radius 1 is 1.07 bits per heavy atom. The van der Waals surface area contributed by atoms with Crippen LogP contribution < -0.4 is 25.0 Å². The zero-order chi connectivity index (χ0) is 29.0. The summed E-state index contributed by atoms with van der Waals surface area (Å²) in [6.45, 7) is 4.29. The number of methoxy groups -OCH3 is 2. The van der Waals surface area contributed by atoms with Gasteiger partial charge in [-0.25, -0.2) is 9.97 Å². The second-order valence-corrected chi connectivity index (χ2v) is 9.94. The molecule has 3 heterocycles. The lowest BCUT2D eigenvalue weighted by atomic mass is 9.99. The number of anilines is 2. The van der Waals surface area contributed by atoms with E-state index in [9.17, 15) is 18.0 Å². The van der Waals surface area contributed by atoms with Gasteiger partial charge in [0.25, 0.3) is 5.91 Å². The van der Waals surface area contributed by atoms with E-state index >= 15 is 0 Å². The van der Waals surface area contributed by atoms with Crippen molar-refractivity contribution < 1.29 is 27.4 Å². The van der Waals surface area contributed by atoms with Gasteiger partial charge in [0.1, 0.15) is 5.69 Å². The second-order valence-electron chi connectivity index (χ2n) is 9.94. The highest BCUT2D eigenvalue weighted by Crippen LogP contribution is 2.40. The molecular formula is C29H33F3N6O3. The number of fused-ring (bicyclic) bond motifs is 1. The minimum atomic E-state index is -4.55. The molecule has 12 heteroatoms. The first-order valence-electron chi connectivity index (χ1n) is 13.5. The first kappa shape index (κ1) is 28.5. The molecule has 1 amide bonds. The summed E-state index contributed by atoms with van der Waals surface area (Å²) < 4.78 is 50.1. The van der Waals surface area contributed by atoms with Crippen LogP contribution in [0.4, 0.5) is 24.8 Å². The average Bonchev–Trinajstić information content (AvgIpc) is 3.33. The van der Waals surface area contributed by atoms with Crippen LogP contribution in [0.3, 0.4) is 0 Å². The molecular weight excluding hydrogens is 537 g/mol. The lowest BCUT2D eigenvalue weighted by molar-refractivity contribution is -0.141. The maximum absolute atomic E-state index is 13.8. The van der Waals surface area contributed by atoms with Crippen LogP contribution in [0.1, 0.15) is 46.1 Å². The van der Waals surface area contributed by atoms with Crippen molar-refractivity contribution in [1.29, 1.82) is 0 Å². The number of nitrogens with one attached hydrogen (secondary N) is 2. The fraction of sp³-hybridized carbons (Fsp3) is 0.414. The number of hydrogen-bond acceptors (Lipinski definition) is 8. The number of alkyl halides is 3. The lowest BCUT2D eigenvalue weighted by Gasteiger charge is -2.32. The molecule has 3 aromatic rings. The van der Waals surface area contributed by atoms with Crippen molar-refractivity contribution in [3.8, 4) is 11.5 Å². The summed E-state index contributed by atoms with van der Waals surface area (Å²) in [6, 6.07) is 12.0. The van der Waals surface area contributed by atoms with E-state index in [0.29, 0.717) is 43.0 Å². The molecule has 2 aliphatic heterocycles. The molecule has 1 aromatic heterocycles. The Hall–Kier alpha value is -4.06. The minimum absolute atomic E-state index is 0.0501. The van der Waals surface area contributed by atoms with Crippen molar-refractivity contribution in [2.75, 3.05) is 57.2 Å². The van der Waals surface area contributed by atoms with Gasteiger partial charge in [0.2, 0.25) is 5.95 Å². The van der Waals surface area contributed by atoms with Crippen LogP contribution in [0.5, 0.6) is 11.5 Å². The Morgan fingerprint density at radius 2 is 1.85 bits per heavy atom. The van der Waals surface area contributed by atoms with Crippen molar-refractivity contribution in [3.05, 3.63) is 71.0 Å². The van der Waals surface area contributed by atoms with Crippen LogP contribution in [0.2, 0.25) is 0 Å². The Labute approximate surface area is 236 Å². The molecule has 1 saturated heterocycles. The van der Waals surface area contributed by atoms with Gasteiger partial charge in [-0.05, 0) is 48.7 Å².